The number of nitrogens with zero attached hydrogens (tertiary/aromatic N) is 1. The largest absolute Gasteiger partial charge is 0.327 e. The lowest BCUT2D eigenvalue weighted by Gasteiger charge is -2.07. The normalized spacial score (nSPS) is 9.47. The minimum absolute atomic E-state index is 0.556. The first kappa shape index (κ1) is 12.6. The van der Waals surface area contributed by atoms with E-state index < -0.39 is 12.1 Å². The van der Waals surface area contributed by atoms with Crippen LogP contribution in [-0.2, 0) is 0 Å². The molecule has 19 heavy (non-hydrogen) atoms. The van der Waals surface area contributed by atoms with E-state index in [0.717, 1.165) is 0 Å². The smallest absolute Gasteiger partial charge is 0.308 e. The average Bonchev–Trinajstić information content (AvgIpc) is 2.40. The summed E-state index contributed by atoms with van der Waals surface area (Å²) >= 11 is 0. The summed E-state index contributed by atoms with van der Waals surface area (Å²) in [5, 5.41) is 7.20. The van der Waals surface area contributed by atoms with Gasteiger partial charge in [-0.3, -0.25) is 10.3 Å². The molecule has 6 heteroatoms. The Morgan fingerprint density at radius 1 is 0.789 bits per heavy atom. The summed E-state index contributed by atoms with van der Waals surface area (Å²) in [6, 6.07) is 10.9. The number of para-hydroxylation sites is 1. The molecule has 2 aromatic rings. The minimum Gasteiger partial charge on any atom is -0.308 e. The Hall–Kier alpha value is -2.89. The molecule has 0 saturated heterocycles. The lowest BCUT2D eigenvalue weighted by Crippen LogP contribution is -2.37. The average molecular weight is 256 g/mol. The molecule has 1 aromatic carbocycles. The van der Waals surface area contributed by atoms with Crippen molar-refractivity contribution in [1.82, 2.24) is 10.3 Å². The number of benzene rings is 1. The Kier molecular flexibility index (Phi) is 4.07. The van der Waals surface area contributed by atoms with Gasteiger partial charge in [0.15, 0.2) is 0 Å². The van der Waals surface area contributed by atoms with Crippen molar-refractivity contribution in [2.45, 2.75) is 0 Å². The molecule has 1 aromatic heterocycles. The maximum absolute atomic E-state index is 11.5. The Morgan fingerprint density at radius 3 is 1.89 bits per heavy atom. The summed E-state index contributed by atoms with van der Waals surface area (Å²) in [4.78, 5) is 26.8. The molecule has 0 radical (unpaired) electrons. The molecule has 0 aliphatic carbocycles. The van der Waals surface area contributed by atoms with E-state index in [1.54, 1.807) is 48.8 Å². The van der Waals surface area contributed by atoms with Crippen LogP contribution in [0.25, 0.3) is 0 Å². The Bertz CT molecular complexity index is 506. The van der Waals surface area contributed by atoms with Crippen molar-refractivity contribution in [2.24, 2.45) is 0 Å². The predicted molar refractivity (Wildman–Crippen MR) is 71.9 cm³/mol. The first-order chi connectivity index (χ1) is 9.24. The third-order valence-corrected chi connectivity index (χ3v) is 2.20. The van der Waals surface area contributed by atoms with Gasteiger partial charge in [-0.2, -0.15) is 0 Å². The van der Waals surface area contributed by atoms with Gasteiger partial charge in [0.1, 0.15) is 0 Å². The number of pyridine rings is 1. The second kappa shape index (κ2) is 6.15. The first-order valence-corrected chi connectivity index (χ1v) is 5.58. The third kappa shape index (κ3) is 4.12. The first-order valence-electron chi connectivity index (χ1n) is 5.58. The predicted octanol–water partition coefficient (Wildman–Crippen LogP) is 2.44. The van der Waals surface area contributed by atoms with E-state index in [1.165, 1.54) is 0 Å². The van der Waals surface area contributed by atoms with Gasteiger partial charge in [0.05, 0.1) is 0 Å². The number of amides is 4. The van der Waals surface area contributed by atoms with E-state index in [-0.39, 0.29) is 0 Å². The second-order valence-electron chi connectivity index (χ2n) is 3.64. The molecule has 0 unspecified atom stereocenters. The van der Waals surface area contributed by atoms with Crippen molar-refractivity contribution in [3.05, 3.63) is 54.9 Å². The van der Waals surface area contributed by atoms with E-state index in [2.05, 4.69) is 20.9 Å². The molecule has 0 saturated carbocycles. The molecule has 4 amide bonds. The van der Waals surface area contributed by atoms with Crippen molar-refractivity contribution in [2.75, 3.05) is 10.6 Å². The van der Waals surface area contributed by atoms with Gasteiger partial charge in [0.25, 0.3) is 0 Å². The molecule has 3 N–H and O–H groups in total. The van der Waals surface area contributed by atoms with Gasteiger partial charge in [-0.1, -0.05) is 18.2 Å². The fourth-order valence-corrected chi connectivity index (χ4v) is 1.38. The molecular formula is C13H12N4O2. The zero-order valence-electron chi connectivity index (χ0n) is 9.96. The highest BCUT2D eigenvalue weighted by molar-refractivity contribution is 6.05. The Balaban J connectivity index is 1.84. The van der Waals surface area contributed by atoms with Crippen molar-refractivity contribution < 1.29 is 9.59 Å². The molecule has 0 atom stereocenters. The maximum atomic E-state index is 11.5. The summed E-state index contributed by atoms with van der Waals surface area (Å²) in [6.45, 7) is 0. The van der Waals surface area contributed by atoms with Crippen molar-refractivity contribution in [1.29, 1.82) is 0 Å². The van der Waals surface area contributed by atoms with Crippen LogP contribution in [0.1, 0.15) is 0 Å². The van der Waals surface area contributed by atoms with Gasteiger partial charge in [-0.25, -0.2) is 9.59 Å². The van der Waals surface area contributed by atoms with Gasteiger partial charge in [0.2, 0.25) is 0 Å². The fourth-order valence-electron chi connectivity index (χ4n) is 1.38. The van der Waals surface area contributed by atoms with E-state index in [0.29, 0.717) is 11.4 Å². The molecule has 0 bridgehead atoms. The molecule has 1 heterocycles. The van der Waals surface area contributed by atoms with E-state index >= 15 is 0 Å². The topological polar surface area (TPSA) is 83.1 Å². The van der Waals surface area contributed by atoms with Gasteiger partial charge in [0, 0.05) is 23.8 Å². The second-order valence-corrected chi connectivity index (χ2v) is 3.64. The fraction of sp³-hybridized carbons (Fsp3) is 0. The van der Waals surface area contributed by atoms with Crippen LogP contribution in [-0.4, -0.2) is 17.0 Å². The van der Waals surface area contributed by atoms with Crippen LogP contribution in [0, 0.1) is 0 Å². The number of hydrogen-bond donors (Lipinski definition) is 3. The minimum atomic E-state index is -0.611. The number of hydrogen-bond acceptors (Lipinski definition) is 3. The van der Waals surface area contributed by atoms with Crippen molar-refractivity contribution in [3.63, 3.8) is 0 Å². The van der Waals surface area contributed by atoms with Gasteiger partial charge < -0.3 is 10.6 Å². The number of carbonyl (C=O) groups is 2. The van der Waals surface area contributed by atoms with Gasteiger partial charge >= 0.3 is 12.1 Å². The lowest BCUT2D eigenvalue weighted by molar-refractivity contribution is 0.240. The van der Waals surface area contributed by atoms with Crippen LogP contribution in [0.4, 0.5) is 21.0 Å². The molecular weight excluding hydrogens is 244 g/mol. The molecule has 0 fully saturated rings. The molecule has 2 rings (SSSR count). The number of aromatic nitrogens is 1. The quantitative estimate of drug-likeness (QED) is 0.771. The maximum Gasteiger partial charge on any atom is 0.327 e. The van der Waals surface area contributed by atoms with E-state index in [4.69, 9.17) is 0 Å². The van der Waals surface area contributed by atoms with Crippen LogP contribution in [0.5, 0.6) is 0 Å². The van der Waals surface area contributed by atoms with Crippen LogP contribution >= 0.6 is 0 Å². The zero-order valence-corrected chi connectivity index (χ0v) is 9.96. The lowest BCUT2D eigenvalue weighted by atomic mass is 10.3. The summed E-state index contributed by atoms with van der Waals surface area (Å²) in [7, 11) is 0. The highest BCUT2D eigenvalue weighted by atomic mass is 16.2. The number of imide groups is 1. The van der Waals surface area contributed by atoms with Crippen LogP contribution in [0.15, 0.2) is 54.9 Å². The number of urea groups is 2. The van der Waals surface area contributed by atoms with E-state index in [1.807, 2.05) is 6.07 Å². The van der Waals surface area contributed by atoms with Gasteiger partial charge in [-0.15, -0.1) is 0 Å². The highest BCUT2D eigenvalue weighted by Crippen LogP contribution is 2.05. The number of rotatable bonds is 2. The van der Waals surface area contributed by atoms with E-state index in [9.17, 15) is 9.59 Å². The summed E-state index contributed by atoms with van der Waals surface area (Å²) in [5.74, 6) is 0. The molecule has 0 aliphatic heterocycles. The summed E-state index contributed by atoms with van der Waals surface area (Å²) in [5.41, 5.74) is 1.16. The summed E-state index contributed by atoms with van der Waals surface area (Å²) < 4.78 is 0. The SMILES string of the molecule is O=C(NC(=O)Nc1ccncc1)Nc1ccccc1. The molecule has 0 aliphatic rings. The molecule has 0 spiro atoms. The number of nitrogens with one attached hydrogen (secondary N) is 3. The number of anilines is 2. The summed E-state index contributed by atoms with van der Waals surface area (Å²) in [6.07, 6.45) is 3.08. The van der Waals surface area contributed by atoms with Crippen LogP contribution < -0.4 is 16.0 Å². The molecule has 6 nitrogen and oxygen atoms in total. The Labute approximate surface area is 109 Å². The third-order valence-electron chi connectivity index (χ3n) is 2.20. The Morgan fingerprint density at radius 2 is 1.32 bits per heavy atom. The van der Waals surface area contributed by atoms with Gasteiger partial charge in [-0.05, 0) is 24.3 Å². The number of carbonyl (C=O) groups excluding carboxylic acids is 2. The monoisotopic (exact) mass is 256 g/mol. The van der Waals surface area contributed by atoms with Crippen LogP contribution in [0.3, 0.4) is 0 Å². The highest BCUT2D eigenvalue weighted by Gasteiger charge is 2.07. The van der Waals surface area contributed by atoms with Crippen molar-refractivity contribution in [3.8, 4) is 0 Å². The van der Waals surface area contributed by atoms with Crippen LogP contribution in [0.2, 0.25) is 0 Å². The molecule has 96 valence electrons. The zero-order chi connectivity index (χ0) is 13.5. The standard InChI is InChI=1S/C13H12N4O2/c18-12(15-10-4-2-1-3-5-10)17-13(19)16-11-6-8-14-9-7-11/h1-9H,(H3,14,15,16,17,18,19). The van der Waals surface area contributed by atoms with Crippen molar-refractivity contribution >= 4 is 23.4 Å².